The van der Waals surface area contributed by atoms with Gasteiger partial charge < -0.3 is 11.1 Å². The Labute approximate surface area is 142 Å². The number of rotatable bonds is 5. The fourth-order valence-corrected chi connectivity index (χ4v) is 3.18. The molecule has 23 heavy (non-hydrogen) atoms. The molecule has 3 N–H and O–H groups in total. The minimum Gasteiger partial charge on any atom is -0.330 e. The third-order valence-electron chi connectivity index (χ3n) is 4.57. The summed E-state index contributed by atoms with van der Waals surface area (Å²) < 4.78 is 0. The van der Waals surface area contributed by atoms with Crippen LogP contribution in [0.4, 0.5) is 11.4 Å². The number of hydrogen-bond acceptors (Lipinski definition) is 4. The van der Waals surface area contributed by atoms with E-state index in [4.69, 9.17) is 5.73 Å². The molecule has 0 heterocycles. The molecule has 0 aliphatic heterocycles. The Kier molecular flexibility index (Phi) is 6.97. The largest absolute Gasteiger partial charge is 0.330 e. The van der Waals surface area contributed by atoms with Gasteiger partial charge in [-0.15, -0.1) is 12.4 Å². The van der Waals surface area contributed by atoms with Crippen LogP contribution in [0.15, 0.2) is 18.2 Å². The lowest BCUT2D eigenvalue weighted by Gasteiger charge is -2.35. The van der Waals surface area contributed by atoms with Crippen LogP contribution in [0.2, 0.25) is 0 Å². The standard InChI is InChI=1S/C16H23N3O3.ClH/c1-12-5-6-13(9-14(12)19(21)22)18-15(20)10-16(11-17)7-3-2-4-8-16;/h5-6,9H,2-4,7-8,10-11,17H2,1H3,(H,18,20);1H. The molecule has 128 valence electrons. The van der Waals surface area contributed by atoms with Gasteiger partial charge in [0.25, 0.3) is 5.69 Å². The van der Waals surface area contributed by atoms with Crippen LogP contribution in [0, 0.1) is 22.5 Å². The van der Waals surface area contributed by atoms with E-state index in [-0.39, 0.29) is 29.4 Å². The number of aryl methyl sites for hydroxylation is 1. The molecule has 0 saturated heterocycles. The van der Waals surface area contributed by atoms with Crippen LogP contribution < -0.4 is 11.1 Å². The smallest absolute Gasteiger partial charge is 0.274 e. The third kappa shape index (κ3) is 4.91. The number of nitrogens with one attached hydrogen (secondary N) is 1. The van der Waals surface area contributed by atoms with E-state index in [9.17, 15) is 14.9 Å². The Morgan fingerprint density at radius 1 is 1.35 bits per heavy atom. The maximum absolute atomic E-state index is 12.3. The Morgan fingerprint density at radius 3 is 2.57 bits per heavy atom. The van der Waals surface area contributed by atoms with Crippen LogP contribution in [0.5, 0.6) is 0 Å². The second kappa shape index (κ2) is 8.26. The number of hydrogen-bond donors (Lipinski definition) is 2. The van der Waals surface area contributed by atoms with Crippen LogP contribution >= 0.6 is 12.4 Å². The van der Waals surface area contributed by atoms with Gasteiger partial charge in [-0.3, -0.25) is 14.9 Å². The zero-order chi connectivity index (χ0) is 16.2. The van der Waals surface area contributed by atoms with Gasteiger partial charge in [0.1, 0.15) is 0 Å². The first-order chi connectivity index (χ1) is 10.5. The van der Waals surface area contributed by atoms with E-state index < -0.39 is 4.92 Å². The number of anilines is 1. The lowest BCUT2D eigenvalue weighted by molar-refractivity contribution is -0.385. The molecule has 0 aromatic heterocycles. The molecule has 1 aromatic carbocycles. The van der Waals surface area contributed by atoms with Gasteiger partial charge >= 0.3 is 0 Å². The zero-order valence-electron chi connectivity index (χ0n) is 13.3. The number of amides is 1. The molecule has 1 amide bonds. The summed E-state index contributed by atoms with van der Waals surface area (Å²) >= 11 is 0. The molecule has 2 rings (SSSR count). The maximum atomic E-state index is 12.3. The minimum absolute atomic E-state index is 0. The molecular weight excluding hydrogens is 318 g/mol. The van der Waals surface area contributed by atoms with Crippen molar-refractivity contribution in [1.82, 2.24) is 0 Å². The van der Waals surface area contributed by atoms with Crippen LogP contribution in [0.3, 0.4) is 0 Å². The Bertz CT molecular complexity index is 572. The van der Waals surface area contributed by atoms with Gasteiger partial charge in [-0.2, -0.15) is 0 Å². The molecule has 1 aliphatic rings. The van der Waals surface area contributed by atoms with Crippen molar-refractivity contribution in [2.24, 2.45) is 11.1 Å². The predicted octanol–water partition coefficient (Wildman–Crippen LogP) is 3.56. The summed E-state index contributed by atoms with van der Waals surface area (Å²) in [6.07, 6.45) is 5.76. The molecule has 0 unspecified atom stereocenters. The van der Waals surface area contributed by atoms with Gasteiger partial charge in [-0.25, -0.2) is 0 Å². The lowest BCUT2D eigenvalue weighted by atomic mass is 9.71. The quantitative estimate of drug-likeness (QED) is 0.631. The van der Waals surface area contributed by atoms with Gasteiger partial charge in [-0.1, -0.05) is 25.3 Å². The van der Waals surface area contributed by atoms with Crippen molar-refractivity contribution in [2.45, 2.75) is 45.4 Å². The summed E-state index contributed by atoms with van der Waals surface area (Å²) in [7, 11) is 0. The van der Waals surface area contributed by atoms with Crippen molar-refractivity contribution in [3.8, 4) is 0 Å². The fraction of sp³-hybridized carbons (Fsp3) is 0.562. The van der Waals surface area contributed by atoms with Gasteiger partial charge in [0.15, 0.2) is 0 Å². The van der Waals surface area contributed by atoms with Gasteiger partial charge in [0.2, 0.25) is 5.91 Å². The summed E-state index contributed by atoms with van der Waals surface area (Å²) in [5, 5.41) is 13.7. The number of nitrogens with zero attached hydrogens (tertiary/aromatic N) is 1. The molecule has 0 bridgehead atoms. The molecule has 7 heteroatoms. The van der Waals surface area contributed by atoms with Crippen LogP contribution in [-0.4, -0.2) is 17.4 Å². The molecule has 0 atom stereocenters. The second-order valence-corrected chi connectivity index (χ2v) is 6.25. The molecule has 1 aliphatic carbocycles. The van der Waals surface area contributed by atoms with Crippen molar-refractivity contribution in [1.29, 1.82) is 0 Å². The second-order valence-electron chi connectivity index (χ2n) is 6.25. The fourth-order valence-electron chi connectivity index (χ4n) is 3.18. The SMILES string of the molecule is Cc1ccc(NC(=O)CC2(CN)CCCCC2)cc1[N+](=O)[O-].Cl. The van der Waals surface area contributed by atoms with E-state index in [0.717, 1.165) is 25.7 Å². The first-order valence-corrected chi connectivity index (χ1v) is 7.71. The summed E-state index contributed by atoms with van der Waals surface area (Å²) in [5.74, 6) is -0.120. The average Bonchev–Trinajstić information content (AvgIpc) is 2.49. The Balaban J connectivity index is 0.00000264. The van der Waals surface area contributed by atoms with E-state index in [1.165, 1.54) is 12.5 Å². The molecular formula is C16H24ClN3O3. The number of nitro groups is 1. The summed E-state index contributed by atoms with van der Waals surface area (Å²) in [4.78, 5) is 22.8. The van der Waals surface area contributed by atoms with Crippen molar-refractivity contribution in [2.75, 3.05) is 11.9 Å². The van der Waals surface area contributed by atoms with Gasteiger partial charge in [0, 0.05) is 23.7 Å². The first-order valence-electron chi connectivity index (χ1n) is 7.71. The number of nitrogens with two attached hydrogens (primary N) is 1. The van der Waals surface area contributed by atoms with Crippen molar-refractivity contribution in [3.05, 3.63) is 33.9 Å². The van der Waals surface area contributed by atoms with Crippen LogP contribution in [0.1, 0.15) is 44.1 Å². The third-order valence-corrected chi connectivity index (χ3v) is 4.57. The van der Waals surface area contributed by atoms with E-state index >= 15 is 0 Å². The van der Waals surface area contributed by atoms with E-state index in [0.29, 0.717) is 24.2 Å². The van der Waals surface area contributed by atoms with Crippen molar-refractivity contribution >= 4 is 29.7 Å². The van der Waals surface area contributed by atoms with E-state index in [2.05, 4.69) is 5.32 Å². The minimum atomic E-state index is -0.437. The highest BCUT2D eigenvalue weighted by molar-refractivity contribution is 5.91. The molecule has 1 fully saturated rings. The predicted molar refractivity (Wildman–Crippen MR) is 92.9 cm³/mol. The molecule has 0 radical (unpaired) electrons. The topological polar surface area (TPSA) is 98.3 Å². The maximum Gasteiger partial charge on any atom is 0.274 e. The molecule has 6 nitrogen and oxygen atoms in total. The number of carbonyl (C=O) groups is 1. The molecule has 1 aromatic rings. The zero-order valence-corrected chi connectivity index (χ0v) is 14.2. The van der Waals surface area contributed by atoms with Gasteiger partial charge in [0.05, 0.1) is 4.92 Å². The highest BCUT2D eigenvalue weighted by atomic mass is 35.5. The Hall–Kier alpha value is -1.66. The summed E-state index contributed by atoms with van der Waals surface area (Å²) in [6, 6.07) is 4.74. The highest BCUT2D eigenvalue weighted by Crippen LogP contribution is 2.38. The Morgan fingerprint density at radius 2 is 2.00 bits per heavy atom. The number of carbonyl (C=O) groups excluding carboxylic acids is 1. The van der Waals surface area contributed by atoms with E-state index in [1.54, 1.807) is 19.1 Å². The monoisotopic (exact) mass is 341 g/mol. The normalized spacial score (nSPS) is 16.3. The average molecular weight is 342 g/mol. The molecule has 0 spiro atoms. The highest BCUT2D eigenvalue weighted by Gasteiger charge is 2.33. The van der Waals surface area contributed by atoms with Crippen molar-refractivity contribution < 1.29 is 9.72 Å². The number of halogens is 1. The molecule has 1 saturated carbocycles. The summed E-state index contributed by atoms with van der Waals surface area (Å²) in [6.45, 7) is 2.18. The number of nitro benzene ring substituents is 1. The van der Waals surface area contributed by atoms with Crippen molar-refractivity contribution in [3.63, 3.8) is 0 Å². The van der Waals surface area contributed by atoms with E-state index in [1.807, 2.05) is 0 Å². The first kappa shape index (κ1) is 19.4. The van der Waals surface area contributed by atoms with Gasteiger partial charge in [-0.05, 0) is 37.8 Å². The van der Waals surface area contributed by atoms with Crippen LogP contribution in [0.25, 0.3) is 0 Å². The number of benzene rings is 1. The summed E-state index contributed by atoms with van der Waals surface area (Å²) in [5.41, 5.74) is 6.84. The lowest BCUT2D eigenvalue weighted by Crippen LogP contribution is -2.36. The van der Waals surface area contributed by atoms with Crippen LogP contribution in [-0.2, 0) is 4.79 Å².